The van der Waals surface area contributed by atoms with Crippen molar-refractivity contribution in [3.05, 3.63) is 71.7 Å². The van der Waals surface area contributed by atoms with Gasteiger partial charge >= 0.3 is 0 Å². The van der Waals surface area contributed by atoms with Gasteiger partial charge in [0.2, 0.25) is 0 Å². The van der Waals surface area contributed by atoms with Gasteiger partial charge in [-0.15, -0.1) is 0 Å². The van der Waals surface area contributed by atoms with Gasteiger partial charge in [-0.3, -0.25) is 4.79 Å². The Hall–Kier alpha value is -2.55. The summed E-state index contributed by atoms with van der Waals surface area (Å²) < 4.78 is 5.37. The van der Waals surface area contributed by atoms with Crippen LogP contribution in [-0.2, 0) is 4.79 Å². The van der Waals surface area contributed by atoms with Crippen LogP contribution in [0.4, 0.5) is 0 Å². The van der Waals surface area contributed by atoms with Crippen LogP contribution in [0.2, 0.25) is 0 Å². The minimum atomic E-state index is -0.0611. The molecule has 0 spiro atoms. The lowest BCUT2D eigenvalue weighted by atomic mass is 9.97. The molecule has 1 heterocycles. The van der Waals surface area contributed by atoms with Gasteiger partial charge in [-0.2, -0.15) is 0 Å². The summed E-state index contributed by atoms with van der Waals surface area (Å²) in [5.41, 5.74) is 2.99. The number of hydrogen-bond donors (Lipinski definition) is 1. The topological polar surface area (TPSA) is 42.2 Å². The van der Waals surface area contributed by atoms with Gasteiger partial charge in [0.05, 0.1) is 11.8 Å². The Morgan fingerprint density at radius 3 is 2.71 bits per heavy atom. The van der Waals surface area contributed by atoms with Crippen molar-refractivity contribution >= 4 is 17.6 Å². The monoisotopic (exact) mass is 321 g/mol. The Morgan fingerprint density at radius 2 is 2.00 bits per heavy atom. The molecule has 1 aliphatic carbocycles. The quantitative estimate of drug-likeness (QED) is 0.612. The molecular weight excluding hydrogens is 298 g/mol. The van der Waals surface area contributed by atoms with E-state index in [9.17, 15) is 4.79 Å². The van der Waals surface area contributed by atoms with E-state index in [0.29, 0.717) is 17.9 Å². The Labute approximate surface area is 143 Å². The van der Waals surface area contributed by atoms with Gasteiger partial charge in [-0.1, -0.05) is 42.0 Å². The van der Waals surface area contributed by atoms with Crippen molar-refractivity contribution in [2.45, 2.75) is 32.1 Å². The summed E-state index contributed by atoms with van der Waals surface area (Å²) in [5.74, 6) is 0.619. The van der Waals surface area contributed by atoms with Crippen LogP contribution < -0.4 is 5.32 Å². The Morgan fingerprint density at radius 1 is 1.12 bits per heavy atom. The maximum Gasteiger partial charge on any atom is 0.252 e. The predicted molar refractivity (Wildman–Crippen MR) is 97.2 cm³/mol. The smallest absolute Gasteiger partial charge is 0.252 e. The van der Waals surface area contributed by atoms with E-state index in [1.807, 2.05) is 42.5 Å². The van der Waals surface area contributed by atoms with Crippen molar-refractivity contribution < 1.29 is 9.21 Å². The first-order valence-electron chi connectivity index (χ1n) is 8.59. The molecule has 1 N–H and O–H groups in total. The van der Waals surface area contributed by atoms with Gasteiger partial charge in [0.15, 0.2) is 0 Å². The lowest BCUT2D eigenvalue weighted by molar-refractivity contribution is -0.115. The average molecular weight is 321 g/mol. The van der Waals surface area contributed by atoms with Crippen LogP contribution in [0.3, 0.4) is 0 Å². The van der Waals surface area contributed by atoms with E-state index in [1.54, 1.807) is 12.3 Å². The summed E-state index contributed by atoms with van der Waals surface area (Å²) in [4.78, 5) is 12.7. The van der Waals surface area contributed by atoms with E-state index in [-0.39, 0.29) is 5.91 Å². The van der Waals surface area contributed by atoms with E-state index in [0.717, 1.165) is 12.0 Å². The number of rotatable bonds is 6. The zero-order valence-electron chi connectivity index (χ0n) is 13.8. The Kier molecular flexibility index (Phi) is 5.67. The van der Waals surface area contributed by atoms with Gasteiger partial charge in [0, 0.05) is 6.54 Å². The molecule has 3 heteroatoms. The average Bonchev–Trinajstić information content (AvgIpc) is 3.14. The van der Waals surface area contributed by atoms with E-state index >= 15 is 0 Å². The molecule has 1 aromatic carbocycles. The van der Waals surface area contributed by atoms with E-state index in [1.165, 1.54) is 31.3 Å². The second-order valence-electron chi connectivity index (χ2n) is 6.05. The van der Waals surface area contributed by atoms with Crippen molar-refractivity contribution in [1.29, 1.82) is 0 Å². The molecule has 2 aromatic rings. The highest BCUT2D eigenvalue weighted by molar-refractivity contribution is 6.24. The van der Waals surface area contributed by atoms with Gasteiger partial charge in [-0.25, -0.2) is 0 Å². The van der Waals surface area contributed by atoms with Crippen molar-refractivity contribution in [2.24, 2.45) is 0 Å². The summed E-state index contributed by atoms with van der Waals surface area (Å²) in [5, 5.41) is 3.05. The molecular formula is C21H23NO2. The Bertz CT molecular complexity index is 712. The second-order valence-corrected chi connectivity index (χ2v) is 6.05. The molecule has 1 aliphatic rings. The molecule has 0 saturated carbocycles. The minimum Gasteiger partial charge on any atom is -0.465 e. The fourth-order valence-corrected chi connectivity index (χ4v) is 2.98. The largest absolute Gasteiger partial charge is 0.465 e. The van der Waals surface area contributed by atoms with Crippen LogP contribution >= 0.6 is 0 Å². The zero-order valence-corrected chi connectivity index (χ0v) is 13.8. The number of allylic oxidation sites excluding steroid dienone is 1. The van der Waals surface area contributed by atoms with Gasteiger partial charge < -0.3 is 9.73 Å². The molecule has 0 fully saturated rings. The highest BCUT2D eigenvalue weighted by atomic mass is 16.3. The molecule has 0 unspecified atom stereocenters. The molecule has 0 saturated heterocycles. The molecule has 3 rings (SSSR count). The van der Waals surface area contributed by atoms with Gasteiger partial charge in [-0.05, 0) is 55.9 Å². The van der Waals surface area contributed by atoms with Crippen molar-refractivity contribution in [2.75, 3.05) is 6.54 Å². The third-order valence-electron chi connectivity index (χ3n) is 4.28. The van der Waals surface area contributed by atoms with Gasteiger partial charge in [0.25, 0.3) is 5.91 Å². The van der Waals surface area contributed by atoms with Crippen LogP contribution in [0, 0.1) is 0 Å². The minimum absolute atomic E-state index is 0.0611. The fourth-order valence-electron chi connectivity index (χ4n) is 2.98. The summed E-state index contributed by atoms with van der Waals surface area (Å²) in [6.07, 6.45) is 11.6. The standard InChI is InChI=1S/C21H23NO2/c23-21(22-14-13-17-8-3-1-4-9-17)20(16-19-12-7-15-24-19)18-10-5-2-6-11-18/h2,5-8,10-12,15-16H,1,3-4,9,13-14H2,(H,22,23)/b20-16+. The number of amides is 1. The molecule has 1 aromatic heterocycles. The lowest BCUT2D eigenvalue weighted by Crippen LogP contribution is -2.25. The van der Waals surface area contributed by atoms with Crippen LogP contribution in [0.25, 0.3) is 11.6 Å². The lowest BCUT2D eigenvalue weighted by Gasteiger charge is -2.14. The molecule has 0 aliphatic heterocycles. The van der Waals surface area contributed by atoms with Crippen molar-refractivity contribution in [1.82, 2.24) is 5.32 Å². The first-order chi connectivity index (χ1) is 11.8. The third-order valence-corrected chi connectivity index (χ3v) is 4.28. The number of carbonyl (C=O) groups excluding carboxylic acids is 1. The third kappa shape index (κ3) is 4.48. The molecule has 0 radical (unpaired) electrons. The highest BCUT2D eigenvalue weighted by Crippen LogP contribution is 2.21. The molecule has 24 heavy (non-hydrogen) atoms. The number of hydrogen-bond acceptors (Lipinski definition) is 2. The van der Waals surface area contributed by atoms with Crippen molar-refractivity contribution in [3.63, 3.8) is 0 Å². The van der Waals surface area contributed by atoms with Crippen molar-refractivity contribution in [3.8, 4) is 0 Å². The van der Waals surface area contributed by atoms with Crippen LogP contribution in [0.1, 0.15) is 43.4 Å². The number of furan rings is 1. The van der Waals surface area contributed by atoms with E-state index < -0.39 is 0 Å². The number of nitrogens with one attached hydrogen (secondary N) is 1. The first kappa shape index (κ1) is 16.3. The number of carbonyl (C=O) groups is 1. The molecule has 0 atom stereocenters. The van der Waals surface area contributed by atoms with E-state index in [4.69, 9.17) is 4.42 Å². The van der Waals surface area contributed by atoms with Crippen LogP contribution in [0.15, 0.2) is 64.8 Å². The van der Waals surface area contributed by atoms with Crippen LogP contribution in [-0.4, -0.2) is 12.5 Å². The maximum absolute atomic E-state index is 12.7. The summed E-state index contributed by atoms with van der Waals surface area (Å²) in [6.45, 7) is 0.674. The zero-order chi connectivity index (χ0) is 16.6. The molecule has 3 nitrogen and oxygen atoms in total. The van der Waals surface area contributed by atoms with Crippen LogP contribution in [0.5, 0.6) is 0 Å². The fraction of sp³-hybridized carbons (Fsp3) is 0.286. The van der Waals surface area contributed by atoms with E-state index in [2.05, 4.69) is 11.4 Å². The SMILES string of the molecule is O=C(NCCC1=CCCCC1)/C(=C/c1ccco1)c1ccccc1. The summed E-state index contributed by atoms with van der Waals surface area (Å²) in [7, 11) is 0. The molecule has 0 bridgehead atoms. The summed E-state index contributed by atoms with van der Waals surface area (Å²) in [6, 6.07) is 13.4. The Balaban J connectivity index is 1.68. The normalized spacial score (nSPS) is 15.0. The number of benzene rings is 1. The molecule has 1 amide bonds. The maximum atomic E-state index is 12.7. The van der Waals surface area contributed by atoms with Gasteiger partial charge in [0.1, 0.15) is 5.76 Å². The summed E-state index contributed by atoms with van der Waals surface area (Å²) >= 11 is 0. The highest BCUT2D eigenvalue weighted by Gasteiger charge is 2.13. The first-order valence-corrected chi connectivity index (χ1v) is 8.59. The molecule has 124 valence electrons. The second kappa shape index (κ2) is 8.34. The predicted octanol–water partition coefficient (Wildman–Crippen LogP) is 4.83.